The first-order valence-corrected chi connectivity index (χ1v) is 44.7. The highest BCUT2D eigenvalue weighted by atomic mass is 33.1. The molecule has 2 aliphatic rings. The van der Waals surface area contributed by atoms with Crippen molar-refractivity contribution in [3.8, 4) is 45.3 Å². The molecule has 2 aliphatic carbocycles. The highest BCUT2D eigenvalue weighted by Gasteiger charge is 2.49. The monoisotopic (exact) mass is 1520 g/mol. The van der Waals surface area contributed by atoms with Crippen LogP contribution in [0.2, 0.25) is 36.3 Å². The van der Waals surface area contributed by atoms with E-state index in [1.54, 1.807) is 72.0 Å². The van der Waals surface area contributed by atoms with Gasteiger partial charge in [-0.2, -0.15) is 0 Å². The van der Waals surface area contributed by atoms with Crippen molar-refractivity contribution in [1.29, 1.82) is 0 Å². The Labute approximate surface area is 638 Å². The second-order valence-electron chi connectivity index (χ2n) is 31.6. The Balaban J connectivity index is 0.810. The number of hydrogen-bond acceptors (Lipinski definition) is 16. The molecule has 0 fully saturated rings. The molecule has 6 aromatic carbocycles. The van der Waals surface area contributed by atoms with Gasteiger partial charge in [0, 0.05) is 110 Å². The Morgan fingerprint density at radius 2 is 0.755 bits per heavy atom. The van der Waals surface area contributed by atoms with E-state index in [1.807, 2.05) is 100 Å². The van der Waals surface area contributed by atoms with Crippen LogP contribution in [0.4, 0.5) is 9.59 Å². The molecule has 0 heterocycles. The molecule has 4 N–H and O–H groups in total. The van der Waals surface area contributed by atoms with Crippen LogP contribution in [0, 0.1) is 10.8 Å². The van der Waals surface area contributed by atoms with Crippen LogP contribution in [0.3, 0.4) is 0 Å². The van der Waals surface area contributed by atoms with Crippen molar-refractivity contribution in [3.05, 3.63) is 167 Å². The van der Waals surface area contributed by atoms with Crippen molar-refractivity contribution >= 4 is 74.0 Å². The number of benzene rings is 6. The fourth-order valence-electron chi connectivity index (χ4n) is 12.9. The highest BCUT2D eigenvalue weighted by molar-refractivity contribution is 8.76. The van der Waals surface area contributed by atoms with Gasteiger partial charge in [-0.05, 0) is 105 Å². The molecule has 0 saturated heterocycles. The van der Waals surface area contributed by atoms with Gasteiger partial charge in [0.05, 0.1) is 41.5 Å². The van der Waals surface area contributed by atoms with Crippen molar-refractivity contribution in [3.63, 3.8) is 0 Å². The molecule has 20 nitrogen and oxygen atoms in total. The molecule has 2 atom stereocenters. The summed E-state index contributed by atoms with van der Waals surface area (Å²) in [6, 6.07) is 43.6. The molecule has 0 bridgehead atoms. The lowest BCUT2D eigenvalue weighted by Crippen LogP contribution is -2.57. The normalized spacial score (nSPS) is 13.6. The van der Waals surface area contributed by atoms with Gasteiger partial charge >= 0.3 is 12.2 Å². The van der Waals surface area contributed by atoms with E-state index in [0.29, 0.717) is 58.7 Å². The van der Waals surface area contributed by atoms with Gasteiger partial charge in [0.25, 0.3) is 0 Å². The van der Waals surface area contributed by atoms with E-state index >= 15 is 0 Å². The number of amides is 6. The molecule has 0 aliphatic heterocycles. The maximum Gasteiger partial charge on any atom is 0.410 e. The minimum Gasteiger partial charge on any atom is -0.497 e. The molecule has 6 aromatic rings. The molecule has 0 aromatic heterocycles. The molecular formula is C82H112N6O14S2Si2. The molecule has 0 unspecified atom stereocenters. The first-order chi connectivity index (χ1) is 50.1. The largest absolute Gasteiger partial charge is 0.497 e. The van der Waals surface area contributed by atoms with Crippen LogP contribution < -0.4 is 40.2 Å². The lowest BCUT2D eigenvalue weighted by atomic mass is 9.85. The summed E-state index contributed by atoms with van der Waals surface area (Å²) in [6.07, 6.45) is -3.12. The van der Waals surface area contributed by atoms with Crippen molar-refractivity contribution in [2.75, 3.05) is 92.4 Å². The van der Waals surface area contributed by atoms with Crippen LogP contribution >= 0.6 is 21.6 Å². The zero-order valence-corrected chi connectivity index (χ0v) is 69.0. The van der Waals surface area contributed by atoms with Crippen LogP contribution in [0.1, 0.15) is 127 Å². The van der Waals surface area contributed by atoms with E-state index in [9.17, 15) is 28.8 Å². The Morgan fingerprint density at radius 1 is 0.434 bits per heavy atom. The first-order valence-electron chi connectivity index (χ1n) is 36.4. The number of nitrogens with zero attached hydrogens (tertiary/aromatic N) is 2. The average Bonchev–Trinajstić information content (AvgIpc) is 1.57. The third kappa shape index (κ3) is 21.4. The minimum absolute atomic E-state index is 0.0259. The fourth-order valence-corrected chi connectivity index (χ4v) is 17.4. The molecule has 0 spiro atoms. The summed E-state index contributed by atoms with van der Waals surface area (Å²) in [5, 5.41) is 11.4. The third-order valence-electron chi connectivity index (χ3n) is 20.8. The Hall–Kier alpha value is -8.01. The van der Waals surface area contributed by atoms with Gasteiger partial charge in [-0.15, -0.1) is 0 Å². The van der Waals surface area contributed by atoms with Crippen LogP contribution in [0.25, 0.3) is 22.3 Å². The van der Waals surface area contributed by atoms with Crippen LogP contribution in [-0.2, 0) is 50.6 Å². The number of carbonyl (C=O) groups is 6. The van der Waals surface area contributed by atoms with E-state index < -0.39 is 63.7 Å². The Kier molecular flexibility index (Phi) is 29.0. The van der Waals surface area contributed by atoms with Gasteiger partial charge in [0.1, 0.15) is 48.4 Å². The van der Waals surface area contributed by atoms with E-state index in [4.69, 9.17) is 37.3 Å². The molecule has 0 radical (unpaired) electrons. The summed E-state index contributed by atoms with van der Waals surface area (Å²) in [5.41, 5.74) is 8.24. The molecule has 574 valence electrons. The third-order valence-corrected chi connectivity index (χ3v) is 32.1. The van der Waals surface area contributed by atoms with E-state index in [-0.39, 0.29) is 99.1 Å². The van der Waals surface area contributed by atoms with Crippen LogP contribution in [0.5, 0.6) is 23.0 Å². The number of rotatable bonds is 37. The molecule has 106 heavy (non-hydrogen) atoms. The average molecular weight is 1530 g/mol. The summed E-state index contributed by atoms with van der Waals surface area (Å²) in [6.45, 7) is 30.0. The summed E-state index contributed by atoms with van der Waals surface area (Å²) < 4.78 is 49.2. The number of fused-ring (bicyclic) bond motifs is 6. The maximum atomic E-state index is 14.7. The van der Waals surface area contributed by atoms with Crippen LogP contribution in [-0.4, -0.2) is 167 Å². The predicted molar refractivity (Wildman–Crippen MR) is 428 cm³/mol. The zero-order valence-electron chi connectivity index (χ0n) is 65.3. The summed E-state index contributed by atoms with van der Waals surface area (Å²) in [5.74, 6) is 1.83. The van der Waals surface area contributed by atoms with E-state index in [2.05, 4.69) is 138 Å². The topological polar surface area (TPSA) is 231 Å². The number of hydrogen-bond donors (Lipinski definition) is 4. The van der Waals surface area contributed by atoms with Crippen molar-refractivity contribution in [2.45, 2.75) is 155 Å². The fraction of sp³-hybridized carbons (Fsp3) is 0.488. The molecule has 6 amide bonds. The molecule has 8 rings (SSSR count). The zero-order chi connectivity index (χ0) is 77.4. The van der Waals surface area contributed by atoms with E-state index in [0.717, 1.165) is 44.5 Å². The second-order valence-corrected chi connectivity index (χ2v) is 43.8. The van der Waals surface area contributed by atoms with Gasteiger partial charge < -0.3 is 68.3 Å². The quantitative estimate of drug-likeness (QED) is 0.0161. The second kappa shape index (κ2) is 36.7. The van der Waals surface area contributed by atoms with Crippen molar-refractivity contribution in [1.82, 2.24) is 31.1 Å². The van der Waals surface area contributed by atoms with Crippen molar-refractivity contribution < 1.29 is 66.0 Å². The smallest absolute Gasteiger partial charge is 0.410 e. The number of methoxy groups -OCH3 is 4. The van der Waals surface area contributed by atoms with Crippen molar-refractivity contribution in [2.24, 2.45) is 10.8 Å². The van der Waals surface area contributed by atoms with Gasteiger partial charge in [-0.1, -0.05) is 188 Å². The SMILES string of the molecule is COc1ccc(CN(CC(C)(C)[C@@H](O[Si](C)(C)C(C)(C)C)C(=O)NCCC(=O)NCCSSCCNC(=O)CCNC(=O)[C@H](O[Si](C)(C)C(C)(C)C)C(C)(C)CN(Cc2ccc(OC)cc2OC)C(=O)OCC2c3ccccc3-c3ccccc32)C(=O)OCC2c3ccccc3-c3ccccc32)c(OC)c1. The predicted octanol–water partition coefficient (Wildman–Crippen LogP) is 15.4. The maximum absolute atomic E-state index is 14.7. The summed E-state index contributed by atoms with van der Waals surface area (Å²) in [4.78, 5) is 88.4. The van der Waals surface area contributed by atoms with Gasteiger partial charge in [0.2, 0.25) is 23.6 Å². The van der Waals surface area contributed by atoms with Crippen LogP contribution in [0.15, 0.2) is 133 Å². The molecular weight excluding hydrogens is 1410 g/mol. The Morgan fingerprint density at radius 3 is 1.06 bits per heavy atom. The lowest BCUT2D eigenvalue weighted by molar-refractivity contribution is -0.135. The first kappa shape index (κ1) is 83.6. The minimum atomic E-state index is -2.65. The highest BCUT2D eigenvalue weighted by Crippen LogP contribution is 2.48. The number of nitrogens with one attached hydrogen (secondary N) is 4. The summed E-state index contributed by atoms with van der Waals surface area (Å²) in [7, 11) is 4.10. The van der Waals surface area contributed by atoms with Gasteiger partial charge in [-0.3, -0.25) is 19.2 Å². The van der Waals surface area contributed by atoms with Gasteiger partial charge in [0.15, 0.2) is 16.6 Å². The lowest BCUT2D eigenvalue weighted by Gasteiger charge is -2.44. The van der Waals surface area contributed by atoms with E-state index in [1.165, 1.54) is 0 Å². The molecule has 24 heteroatoms. The molecule has 0 saturated carbocycles. The Bertz CT molecular complexity index is 3680. The number of carbonyl (C=O) groups excluding carboxylic acids is 6. The van der Waals surface area contributed by atoms with Gasteiger partial charge in [-0.25, -0.2) is 9.59 Å². The summed E-state index contributed by atoms with van der Waals surface area (Å²) >= 11 is 0. The standard InChI is InChI=1S/C82H112N6O14S2Si2/c1-79(2,3)105(15,16)101-73(81(7,8)53-87(49-55-35-37-57(95-11)47-69(55)97-13)77(93)99-51-67-63-31-23-19-27-59(63)60-28-20-24-32-64(60)67)75(91)85-41-39-71(89)83-43-45-103-104-46-44-84-72(90)40-42-86-76(92)74(102-106(17,18)80(4,5)6)82(9,10)54-88(50-56-36-38-58(96-12)48-70(56)98-14)78(94)100-52-68-65-33-25-21-29-61(65)62-30-22-26-34-66(62)68/h19-38,47-48,67-68,73-74H,39-46,49-54H2,1-18H3,(H,83,89)(H,84,90)(H,85,91)(H,86,92)/t73-,74-/m0/s1. The number of ether oxygens (including phenoxy) is 6.